The number of hydrogen-bond acceptors (Lipinski definition) is 2. The molecule has 0 spiro atoms. The summed E-state index contributed by atoms with van der Waals surface area (Å²) in [5.74, 6) is 1.70. The maximum atomic E-state index is 10.7. The lowest BCUT2D eigenvalue weighted by atomic mass is 10.1. The molecule has 0 amide bonds. The van der Waals surface area contributed by atoms with E-state index in [-0.39, 0.29) is 0 Å². The summed E-state index contributed by atoms with van der Waals surface area (Å²) in [6.45, 7) is 0. The van der Waals surface area contributed by atoms with Crippen molar-refractivity contribution in [1.82, 2.24) is 0 Å². The van der Waals surface area contributed by atoms with Gasteiger partial charge >= 0.3 is 5.97 Å². The second kappa shape index (κ2) is 4.86. The number of carboxylic acids is 1. The average molecular weight is 242 g/mol. The third-order valence-corrected chi connectivity index (χ3v) is 3.40. The summed E-state index contributed by atoms with van der Waals surface area (Å²) in [5, 5.41) is 8.78. The molecule has 1 aromatic carbocycles. The van der Waals surface area contributed by atoms with Crippen molar-refractivity contribution in [2.24, 2.45) is 0 Å². The fourth-order valence-electron chi connectivity index (χ4n) is 1.52. The maximum absolute atomic E-state index is 10.7. The van der Waals surface area contributed by atoms with Crippen LogP contribution in [-0.2, 0) is 6.42 Å². The molecule has 17 heavy (non-hydrogen) atoms. The second-order valence-electron chi connectivity index (χ2n) is 3.59. The lowest BCUT2D eigenvalue weighted by Crippen LogP contribution is -1.96. The predicted octanol–water partition coefficient (Wildman–Crippen LogP) is 3.02. The Morgan fingerprint density at radius 2 is 1.94 bits per heavy atom. The minimum Gasteiger partial charge on any atom is -0.478 e. The van der Waals surface area contributed by atoms with Crippen LogP contribution in [0.15, 0.2) is 36.4 Å². The lowest BCUT2D eigenvalue weighted by molar-refractivity contribution is 0.0697. The summed E-state index contributed by atoms with van der Waals surface area (Å²) < 4.78 is 0. The number of carboxylic acid groups (broad SMARTS) is 1. The summed E-state index contributed by atoms with van der Waals surface area (Å²) in [4.78, 5) is 12.8. The van der Waals surface area contributed by atoms with Crippen molar-refractivity contribution in [2.75, 3.05) is 0 Å². The molecule has 0 saturated heterocycles. The van der Waals surface area contributed by atoms with Crippen molar-refractivity contribution < 1.29 is 9.90 Å². The van der Waals surface area contributed by atoms with Crippen LogP contribution >= 0.6 is 11.3 Å². The maximum Gasteiger partial charge on any atom is 0.335 e. The molecule has 0 saturated carbocycles. The second-order valence-corrected chi connectivity index (χ2v) is 4.76. The number of carbonyl (C=O) groups is 1. The molecule has 2 nitrogen and oxygen atoms in total. The number of rotatable bonds is 3. The van der Waals surface area contributed by atoms with Gasteiger partial charge in [-0.05, 0) is 29.8 Å². The standard InChI is InChI=1S/C14H10O2S/c1-2-12-7-8-13(17-12)9-10-3-5-11(6-4-10)14(15)16/h1,3-8H,9H2,(H,15,16). The summed E-state index contributed by atoms with van der Waals surface area (Å²) >= 11 is 1.59. The first kappa shape index (κ1) is 11.4. The Kier molecular flexibility index (Phi) is 3.27. The van der Waals surface area contributed by atoms with Gasteiger partial charge in [-0.2, -0.15) is 0 Å². The van der Waals surface area contributed by atoms with Crippen molar-refractivity contribution in [3.05, 3.63) is 57.3 Å². The van der Waals surface area contributed by atoms with Crippen LogP contribution in [0.1, 0.15) is 25.7 Å². The van der Waals surface area contributed by atoms with Gasteiger partial charge in [0.15, 0.2) is 0 Å². The Labute approximate surface area is 104 Å². The highest BCUT2D eigenvalue weighted by Crippen LogP contribution is 2.19. The summed E-state index contributed by atoms with van der Waals surface area (Å²) in [5.41, 5.74) is 1.39. The first-order chi connectivity index (χ1) is 8.19. The van der Waals surface area contributed by atoms with Crippen molar-refractivity contribution >= 4 is 17.3 Å². The van der Waals surface area contributed by atoms with E-state index < -0.39 is 5.97 Å². The molecule has 0 aliphatic heterocycles. The topological polar surface area (TPSA) is 37.3 Å². The van der Waals surface area contributed by atoms with Crippen molar-refractivity contribution in [1.29, 1.82) is 0 Å². The molecule has 2 aromatic rings. The van der Waals surface area contributed by atoms with Gasteiger partial charge in [0.25, 0.3) is 0 Å². The molecule has 3 heteroatoms. The molecule has 1 aromatic heterocycles. The fraction of sp³-hybridized carbons (Fsp3) is 0.0714. The van der Waals surface area contributed by atoms with Gasteiger partial charge < -0.3 is 5.11 Å². The fourth-order valence-corrected chi connectivity index (χ4v) is 2.37. The van der Waals surface area contributed by atoms with Gasteiger partial charge in [0.1, 0.15) is 0 Å². The van der Waals surface area contributed by atoms with E-state index in [4.69, 9.17) is 11.5 Å². The zero-order valence-electron chi connectivity index (χ0n) is 9.01. The molecule has 0 radical (unpaired) electrons. The number of terminal acetylenes is 1. The quantitative estimate of drug-likeness (QED) is 0.840. The zero-order valence-corrected chi connectivity index (χ0v) is 9.83. The van der Waals surface area contributed by atoms with Gasteiger partial charge in [0, 0.05) is 11.3 Å². The summed E-state index contributed by atoms with van der Waals surface area (Å²) in [7, 11) is 0. The monoisotopic (exact) mass is 242 g/mol. The molecule has 2 rings (SSSR count). The Balaban J connectivity index is 2.14. The first-order valence-corrected chi connectivity index (χ1v) is 5.88. The van der Waals surface area contributed by atoms with Gasteiger partial charge in [-0.3, -0.25) is 0 Å². The van der Waals surface area contributed by atoms with E-state index in [9.17, 15) is 4.79 Å². The number of benzene rings is 1. The molecular formula is C14H10O2S. The Morgan fingerprint density at radius 1 is 1.24 bits per heavy atom. The third-order valence-electron chi connectivity index (χ3n) is 2.38. The van der Waals surface area contributed by atoms with Crippen LogP contribution in [-0.4, -0.2) is 11.1 Å². The van der Waals surface area contributed by atoms with Crippen molar-refractivity contribution in [2.45, 2.75) is 6.42 Å². The highest BCUT2D eigenvalue weighted by molar-refractivity contribution is 7.12. The van der Waals surface area contributed by atoms with Gasteiger partial charge in [-0.25, -0.2) is 4.79 Å². The molecule has 0 aliphatic carbocycles. The van der Waals surface area contributed by atoms with Gasteiger partial charge in [0.2, 0.25) is 0 Å². The van der Waals surface area contributed by atoms with Gasteiger partial charge in [-0.1, -0.05) is 18.1 Å². The van der Waals surface area contributed by atoms with Crippen LogP contribution in [0.5, 0.6) is 0 Å². The van der Waals surface area contributed by atoms with E-state index in [0.717, 1.165) is 16.9 Å². The van der Waals surface area contributed by atoms with Gasteiger partial charge in [-0.15, -0.1) is 17.8 Å². The van der Waals surface area contributed by atoms with E-state index in [1.54, 1.807) is 23.5 Å². The van der Waals surface area contributed by atoms with Crippen molar-refractivity contribution in [3.63, 3.8) is 0 Å². The molecule has 1 heterocycles. The predicted molar refractivity (Wildman–Crippen MR) is 68.5 cm³/mol. The summed E-state index contributed by atoms with van der Waals surface area (Å²) in [6.07, 6.45) is 6.09. The van der Waals surface area contributed by atoms with E-state index >= 15 is 0 Å². The van der Waals surface area contributed by atoms with Crippen LogP contribution in [0.3, 0.4) is 0 Å². The van der Waals surface area contributed by atoms with E-state index in [0.29, 0.717) is 5.56 Å². The Morgan fingerprint density at radius 3 is 2.47 bits per heavy atom. The SMILES string of the molecule is C#Cc1ccc(Cc2ccc(C(=O)O)cc2)s1. The highest BCUT2D eigenvalue weighted by Gasteiger charge is 2.03. The zero-order chi connectivity index (χ0) is 12.3. The van der Waals surface area contributed by atoms with Crippen LogP contribution in [0, 0.1) is 12.3 Å². The molecule has 0 bridgehead atoms. The molecule has 0 atom stereocenters. The normalized spacial score (nSPS) is 9.82. The van der Waals surface area contributed by atoms with E-state index in [1.165, 1.54) is 4.88 Å². The average Bonchev–Trinajstić information content (AvgIpc) is 2.77. The molecule has 0 aliphatic rings. The Hall–Kier alpha value is -2.05. The molecule has 0 fully saturated rings. The highest BCUT2D eigenvalue weighted by atomic mass is 32.1. The number of aromatic carboxylic acids is 1. The van der Waals surface area contributed by atoms with Crippen LogP contribution in [0.25, 0.3) is 0 Å². The van der Waals surface area contributed by atoms with Crippen LogP contribution in [0.4, 0.5) is 0 Å². The third kappa shape index (κ3) is 2.74. The van der Waals surface area contributed by atoms with Crippen LogP contribution < -0.4 is 0 Å². The Bertz CT molecular complexity index is 573. The minimum atomic E-state index is -0.901. The van der Waals surface area contributed by atoms with Crippen LogP contribution in [0.2, 0.25) is 0 Å². The molecule has 84 valence electrons. The van der Waals surface area contributed by atoms with E-state index in [1.807, 2.05) is 24.3 Å². The van der Waals surface area contributed by atoms with Crippen molar-refractivity contribution in [3.8, 4) is 12.3 Å². The largest absolute Gasteiger partial charge is 0.478 e. The summed E-state index contributed by atoms with van der Waals surface area (Å²) in [6, 6.07) is 10.8. The minimum absolute atomic E-state index is 0.309. The smallest absolute Gasteiger partial charge is 0.335 e. The van der Waals surface area contributed by atoms with E-state index in [2.05, 4.69) is 5.92 Å². The van der Waals surface area contributed by atoms with Gasteiger partial charge in [0.05, 0.1) is 10.4 Å². The number of hydrogen-bond donors (Lipinski definition) is 1. The molecule has 0 unspecified atom stereocenters. The number of thiophene rings is 1. The molecular weight excluding hydrogens is 232 g/mol. The molecule has 1 N–H and O–H groups in total. The first-order valence-electron chi connectivity index (χ1n) is 5.06. The lowest BCUT2D eigenvalue weighted by Gasteiger charge is -1.99.